The highest BCUT2D eigenvalue weighted by atomic mass is 15.4. The van der Waals surface area contributed by atoms with Crippen molar-refractivity contribution >= 4 is 6.21 Å². The summed E-state index contributed by atoms with van der Waals surface area (Å²) < 4.78 is 0. The molecule has 0 radical (unpaired) electrons. The smallest absolute Gasteiger partial charge is 0.0296 e. The van der Waals surface area contributed by atoms with Crippen LogP contribution in [0.4, 0.5) is 0 Å². The van der Waals surface area contributed by atoms with Gasteiger partial charge in [-0.15, -0.1) is 0 Å². The van der Waals surface area contributed by atoms with Gasteiger partial charge in [-0.3, -0.25) is 5.01 Å². The fraction of sp³-hybridized carbons (Fsp3) is 0.625. The minimum Gasteiger partial charge on any atom is -0.277 e. The summed E-state index contributed by atoms with van der Waals surface area (Å²) in [5.74, 6) is 0.592. The van der Waals surface area contributed by atoms with Crippen molar-refractivity contribution in [3.8, 4) is 0 Å². The van der Waals surface area contributed by atoms with Gasteiger partial charge in [-0.1, -0.05) is 19.9 Å². The van der Waals surface area contributed by atoms with E-state index in [0.29, 0.717) is 5.92 Å². The summed E-state index contributed by atoms with van der Waals surface area (Å²) in [5.41, 5.74) is 0. The van der Waals surface area contributed by atoms with Gasteiger partial charge in [-0.2, -0.15) is 5.10 Å². The number of hydrogen-bond donors (Lipinski definition) is 0. The van der Waals surface area contributed by atoms with E-state index in [1.165, 1.54) is 0 Å². The van der Waals surface area contributed by atoms with E-state index in [1.54, 1.807) is 11.2 Å². The maximum atomic E-state index is 4.02. The SMILES string of the molecule is CC=NN(C)/C=C/C(C)C. The predicted octanol–water partition coefficient (Wildman–Crippen LogP) is 2.09. The molecule has 0 N–H and O–H groups in total. The number of hydrogen-bond acceptors (Lipinski definition) is 2. The molecule has 2 nitrogen and oxygen atoms in total. The van der Waals surface area contributed by atoms with Crippen molar-refractivity contribution in [3.63, 3.8) is 0 Å². The van der Waals surface area contributed by atoms with Crippen LogP contribution in [0.3, 0.4) is 0 Å². The molecule has 0 aromatic carbocycles. The van der Waals surface area contributed by atoms with E-state index in [4.69, 9.17) is 0 Å². The van der Waals surface area contributed by atoms with Crippen LogP contribution in [-0.2, 0) is 0 Å². The molecular formula is C8H16N2. The van der Waals surface area contributed by atoms with Crippen molar-refractivity contribution in [1.82, 2.24) is 5.01 Å². The van der Waals surface area contributed by atoms with E-state index in [1.807, 2.05) is 20.2 Å². The zero-order chi connectivity index (χ0) is 7.98. The molecule has 0 aromatic rings. The summed E-state index contributed by atoms with van der Waals surface area (Å²) in [6, 6.07) is 0. The van der Waals surface area contributed by atoms with E-state index in [-0.39, 0.29) is 0 Å². The molecule has 0 aromatic heterocycles. The largest absolute Gasteiger partial charge is 0.277 e. The van der Waals surface area contributed by atoms with E-state index in [2.05, 4.69) is 25.0 Å². The second-order valence-corrected chi connectivity index (χ2v) is 2.53. The van der Waals surface area contributed by atoms with Gasteiger partial charge in [0, 0.05) is 19.5 Å². The standard InChI is InChI=1S/C8H16N2/c1-5-9-10(4)7-6-8(2)3/h5-8H,1-4H3/b7-6+,9-5?. The lowest BCUT2D eigenvalue weighted by Crippen LogP contribution is -2.00. The Kier molecular flexibility index (Phi) is 4.63. The first-order valence-electron chi connectivity index (χ1n) is 3.56. The third-order valence-electron chi connectivity index (χ3n) is 0.984. The van der Waals surface area contributed by atoms with E-state index < -0.39 is 0 Å². The third kappa shape index (κ3) is 5.35. The third-order valence-corrected chi connectivity index (χ3v) is 0.984. The van der Waals surface area contributed by atoms with Crippen LogP contribution < -0.4 is 0 Å². The molecule has 0 saturated carbocycles. The van der Waals surface area contributed by atoms with Crippen molar-refractivity contribution in [2.75, 3.05) is 7.05 Å². The van der Waals surface area contributed by atoms with Crippen molar-refractivity contribution in [3.05, 3.63) is 12.3 Å². The van der Waals surface area contributed by atoms with Gasteiger partial charge in [-0.25, -0.2) is 0 Å². The molecule has 0 fully saturated rings. The molecule has 58 valence electrons. The van der Waals surface area contributed by atoms with Crippen LogP contribution in [0.2, 0.25) is 0 Å². The topological polar surface area (TPSA) is 15.6 Å². The zero-order valence-electron chi connectivity index (χ0n) is 7.20. The monoisotopic (exact) mass is 140 g/mol. The minimum absolute atomic E-state index is 0.592. The summed E-state index contributed by atoms with van der Waals surface area (Å²) >= 11 is 0. The maximum absolute atomic E-state index is 4.02. The van der Waals surface area contributed by atoms with Gasteiger partial charge in [0.05, 0.1) is 0 Å². The number of hydrazone groups is 1. The van der Waals surface area contributed by atoms with Gasteiger partial charge in [0.1, 0.15) is 0 Å². The molecular weight excluding hydrogens is 124 g/mol. The maximum Gasteiger partial charge on any atom is 0.0296 e. The van der Waals surface area contributed by atoms with Gasteiger partial charge in [0.15, 0.2) is 0 Å². The van der Waals surface area contributed by atoms with Gasteiger partial charge in [-0.05, 0) is 12.8 Å². The first-order valence-corrected chi connectivity index (χ1v) is 3.56. The second-order valence-electron chi connectivity index (χ2n) is 2.53. The van der Waals surface area contributed by atoms with Gasteiger partial charge in [0.25, 0.3) is 0 Å². The average molecular weight is 140 g/mol. The Hall–Kier alpha value is -0.790. The highest BCUT2D eigenvalue weighted by Gasteiger charge is 1.84. The summed E-state index contributed by atoms with van der Waals surface area (Å²) in [5, 5.41) is 5.81. The van der Waals surface area contributed by atoms with Crippen molar-refractivity contribution < 1.29 is 0 Å². The fourth-order valence-electron chi connectivity index (χ4n) is 0.517. The molecule has 0 unspecified atom stereocenters. The summed E-state index contributed by atoms with van der Waals surface area (Å²) in [6.45, 7) is 6.18. The summed E-state index contributed by atoms with van der Waals surface area (Å²) in [4.78, 5) is 0. The molecule has 0 aliphatic carbocycles. The number of allylic oxidation sites excluding steroid dienone is 1. The highest BCUT2D eigenvalue weighted by Crippen LogP contribution is 1.94. The van der Waals surface area contributed by atoms with Crippen molar-refractivity contribution in [2.45, 2.75) is 20.8 Å². The van der Waals surface area contributed by atoms with Crippen molar-refractivity contribution in [2.24, 2.45) is 11.0 Å². The Morgan fingerprint density at radius 2 is 2.00 bits per heavy atom. The second kappa shape index (κ2) is 5.03. The van der Waals surface area contributed by atoms with E-state index in [0.717, 1.165) is 0 Å². The average Bonchev–Trinajstić information content (AvgIpc) is 1.85. The van der Waals surface area contributed by atoms with Crippen LogP contribution >= 0.6 is 0 Å². The lowest BCUT2D eigenvalue weighted by Gasteiger charge is -2.05. The Labute approximate surface area is 63.2 Å². The predicted molar refractivity (Wildman–Crippen MR) is 45.9 cm³/mol. The summed E-state index contributed by atoms with van der Waals surface area (Å²) in [7, 11) is 1.92. The molecule has 0 spiro atoms. The lowest BCUT2D eigenvalue weighted by molar-refractivity contribution is 0.488. The van der Waals surface area contributed by atoms with Crippen LogP contribution in [0, 0.1) is 5.92 Å². The Morgan fingerprint density at radius 1 is 1.40 bits per heavy atom. The molecule has 0 aliphatic rings. The first-order chi connectivity index (χ1) is 4.66. The van der Waals surface area contributed by atoms with Crippen LogP contribution in [-0.4, -0.2) is 18.3 Å². The molecule has 0 atom stereocenters. The summed E-state index contributed by atoms with van der Waals surface area (Å²) in [6.07, 6.45) is 5.84. The molecule has 0 aliphatic heterocycles. The number of rotatable bonds is 3. The normalized spacial score (nSPS) is 12.1. The quantitative estimate of drug-likeness (QED) is 0.433. The molecule has 2 heteroatoms. The molecule has 10 heavy (non-hydrogen) atoms. The highest BCUT2D eigenvalue weighted by molar-refractivity contribution is 5.52. The van der Waals surface area contributed by atoms with Crippen LogP contribution in [0.1, 0.15) is 20.8 Å². The van der Waals surface area contributed by atoms with Crippen LogP contribution in [0.15, 0.2) is 17.4 Å². The van der Waals surface area contributed by atoms with Gasteiger partial charge < -0.3 is 0 Å². The zero-order valence-corrected chi connectivity index (χ0v) is 7.20. The molecule has 0 rings (SSSR count). The van der Waals surface area contributed by atoms with Gasteiger partial charge >= 0.3 is 0 Å². The Bertz CT molecular complexity index is 125. The Balaban J connectivity index is 3.66. The lowest BCUT2D eigenvalue weighted by atomic mass is 10.2. The molecule has 0 amide bonds. The van der Waals surface area contributed by atoms with Crippen LogP contribution in [0.25, 0.3) is 0 Å². The molecule has 0 bridgehead atoms. The first kappa shape index (κ1) is 9.21. The molecule has 0 saturated heterocycles. The van der Waals surface area contributed by atoms with Crippen molar-refractivity contribution in [1.29, 1.82) is 0 Å². The number of nitrogens with zero attached hydrogens (tertiary/aromatic N) is 2. The minimum atomic E-state index is 0.592. The fourth-order valence-corrected chi connectivity index (χ4v) is 0.517. The Morgan fingerprint density at radius 3 is 2.40 bits per heavy atom. The van der Waals surface area contributed by atoms with E-state index >= 15 is 0 Å². The van der Waals surface area contributed by atoms with E-state index in [9.17, 15) is 0 Å². The van der Waals surface area contributed by atoms with Gasteiger partial charge in [0.2, 0.25) is 0 Å². The van der Waals surface area contributed by atoms with Crippen LogP contribution in [0.5, 0.6) is 0 Å². The molecule has 0 heterocycles.